The Balaban J connectivity index is 2.43. The molecule has 6 heteroatoms. The summed E-state index contributed by atoms with van der Waals surface area (Å²) in [6, 6.07) is 0. The van der Waals surface area contributed by atoms with Crippen LogP contribution in [-0.2, 0) is 23.9 Å². The second-order valence-electron chi connectivity index (χ2n) is 9.10. The third-order valence-electron chi connectivity index (χ3n) is 5.23. The van der Waals surface area contributed by atoms with Crippen LogP contribution in [0.5, 0.6) is 0 Å². The van der Waals surface area contributed by atoms with Crippen LogP contribution in [-0.4, -0.2) is 47.9 Å². The number of piperidine rings is 1. The summed E-state index contributed by atoms with van der Waals surface area (Å²) in [6.45, 7) is 14.3. The molecule has 1 fully saturated rings. The standard InChI is InChI=1S/C20H37NO5/c1-9-18(2,3)17(23)25-12-10-11-16(22)26-15-13-19(4,5)21(24-8)20(6,7)14-15/h15H,9-14H2,1-8H3. The van der Waals surface area contributed by atoms with E-state index in [0.717, 1.165) is 19.3 Å². The molecule has 0 aromatic carbocycles. The second-order valence-corrected chi connectivity index (χ2v) is 9.10. The normalized spacial score (nSPS) is 20.6. The van der Waals surface area contributed by atoms with E-state index in [0.29, 0.717) is 6.42 Å². The maximum atomic E-state index is 12.2. The second kappa shape index (κ2) is 8.70. The van der Waals surface area contributed by atoms with Crippen LogP contribution in [0.15, 0.2) is 0 Å². The van der Waals surface area contributed by atoms with Crippen LogP contribution in [0.2, 0.25) is 0 Å². The molecule has 0 radical (unpaired) electrons. The first-order valence-electron chi connectivity index (χ1n) is 9.57. The van der Waals surface area contributed by atoms with Crippen molar-refractivity contribution in [3.05, 3.63) is 0 Å². The van der Waals surface area contributed by atoms with E-state index in [2.05, 4.69) is 27.7 Å². The predicted octanol–water partition coefficient (Wildman–Crippen LogP) is 3.87. The van der Waals surface area contributed by atoms with Gasteiger partial charge < -0.3 is 14.3 Å². The lowest BCUT2D eigenvalue weighted by Crippen LogP contribution is -2.61. The Labute approximate surface area is 158 Å². The number of nitrogens with zero attached hydrogens (tertiary/aromatic N) is 1. The zero-order chi connectivity index (χ0) is 20.2. The van der Waals surface area contributed by atoms with Gasteiger partial charge in [-0.05, 0) is 54.4 Å². The number of ether oxygens (including phenoxy) is 2. The minimum absolute atomic E-state index is 0.138. The van der Waals surface area contributed by atoms with Crippen LogP contribution in [0.25, 0.3) is 0 Å². The van der Waals surface area contributed by atoms with Gasteiger partial charge in [-0.3, -0.25) is 9.59 Å². The van der Waals surface area contributed by atoms with Gasteiger partial charge in [-0.15, -0.1) is 0 Å². The molecule has 1 aliphatic rings. The predicted molar refractivity (Wildman–Crippen MR) is 100 cm³/mol. The highest BCUT2D eigenvalue weighted by molar-refractivity contribution is 5.75. The van der Waals surface area contributed by atoms with Crippen molar-refractivity contribution < 1.29 is 23.9 Å². The zero-order valence-electron chi connectivity index (χ0n) is 17.8. The van der Waals surface area contributed by atoms with Crippen LogP contribution < -0.4 is 0 Å². The fourth-order valence-corrected chi connectivity index (χ4v) is 3.72. The number of hydrogen-bond donors (Lipinski definition) is 0. The largest absolute Gasteiger partial charge is 0.465 e. The smallest absolute Gasteiger partial charge is 0.311 e. The molecule has 1 heterocycles. The highest BCUT2D eigenvalue weighted by Crippen LogP contribution is 2.39. The summed E-state index contributed by atoms with van der Waals surface area (Å²) >= 11 is 0. The summed E-state index contributed by atoms with van der Waals surface area (Å²) in [4.78, 5) is 29.6. The molecular weight excluding hydrogens is 334 g/mol. The fourth-order valence-electron chi connectivity index (χ4n) is 3.72. The van der Waals surface area contributed by atoms with Gasteiger partial charge in [0.05, 0.1) is 19.1 Å². The van der Waals surface area contributed by atoms with E-state index in [1.54, 1.807) is 7.11 Å². The summed E-state index contributed by atoms with van der Waals surface area (Å²) < 4.78 is 11.0. The summed E-state index contributed by atoms with van der Waals surface area (Å²) in [5.41, 5.74) is -0.918. The maximum Gasteiger partial charge on any atom is 0.311 e. The molecule has 152 valence electrons. The number of esters is 2. The van der Waals surface area contributed by atoms with Crippen molar-refractivity contribution in [3.8, 4) is 0 Å². The Bertz CT molecular complexity index is 480. The van der Waals surface area contributed by atoms with Gasteiger partial charge in [0.15, 0.2) is 0 Å². The first-order valence-corrected chi connectivity index (χ1v) is 9.57. The van der Waals surface area contributed by atoms with E-state index in [9.17, 15) is 9.59 Å². The van der Waals surface area contributed by atoms with Crippen molar-refractivity contribution in [3.63, 3.8) is 0 Å². The first-order chi connectivity index (χ1) is 11.9. The molecule has 0 bridgehead atoms. The zero-order valence-corrected chi connectivity index (χ0v) is 17.8. The van der Waals surface area contributed by atoms with E-state index >= 15 is 0 Å². The molecule has 0 saturated carbocycles. The topological polar surface area (TPSA) is 65.1 Å². The van der Waals surface area contributed by atoms with Gasteiger partial charge in [-0.25, -0.2) is 0 Å². The summed E-state index contributed by atoms with van der Waals surface area (Å²) in [6.07, 6.45) is 2.75. The minimum Gasteiger partial charge on any atom is -0.465 e. The molecule has 0 spiro atoms. The molecule has 1 aliphatic heterocycles. The van der Waals surface area contributed by atoms with E-state index in [1.165, 1.54) is 0 Å². The van der Waals surface area contributed by atoms with E-state index in [4.69, 9.17) is 14.3 Å². The highest BCUT2D eigenvalue weighted by Gasteiger charge is 2.47. The molecule has 0 amide bonds. The van der Waals surface area contributed by atoms with Gasteiger partial charge in [-0.1, -0.05) is 6.92 Å². The highest BCUT2D eigenvalue weighted by atomic mass is 16.7. The lowest BCUT2D eigenvalue weighted by molar-refractivity contribution is -0.278. The van der Waals surface area contributed by atoms with E-state index in [-0.39, 0.29) is 42.1 Å². The molecule has 0 aromatic heterocycles. The minimum atomic E-state index is -0.479. The van der Waals surface area contributed by atoms with Crippen molar-refractivity contribution in [1.29, 1.82) is 0 Å². The average molecular weight is 372 g/mol. The van der Waals surface area contributed by atoms with Gasteiger partial charge in [0.25, 0.3) is 0 Å². The number of hydroxylamine groups is 2. The van der Waals surface area contributed by atoms with Crippen LogP contribution in [0.4, 0.5) is 0 Å². The molecule has 6 nitrogen and oxygen atoms in total. The van der Waals surface area contributed by atoms with Crippen molar-refractivity contribution >= 4 is 11.9 Å². The number of carbonyl (C=O) groups excluding carboxylic acids is 2. The Morgan fingerprint density at radius 2 is 1.65 bits per heavy atom. The van der Waals surface area contributed by atoms with Crippen LogP contribution in [0.3, 0.4) is 0 Å². The molecule has 0 atom stereocenters. The molecule has 0 unspecified atom stereocenters. The van der Waals surface area contributed by atoms with Gasteiger partial charge in [0.1, 0.15) is 6.10 Å². The van der Waals surface area contributed by atoms with E-state index in [1.807, 2.05) is 25.8 Å². The van der Waals surface area contributed by atoms with Gasteiger partial charge in [0.2, 0.25) is 0 Å². The lowest BCUT2D eigenvalue weighted by Gasteiger charge is -2.52. The van der Waals surface area contributed by atoms with Crippen molar-refractivity contribution in [2.75, 3.05) is 13.7 Å². The molecule has 0 N–H and O–H groups in total. The maximum absolute atomic E-state index is 12.2. The van der Waals surface area contributed by atoms with E-state index < -0.39 is 5.41 Å². The van der Waals surface area contributed by atoms with Gasteiger partial charge in [-0.2, -0.15) is 5.06 Å². The SMILES string of the molecule is CCC(C)(C)C(=O)OCCCC(=O)OC1CC(C)(C)N(OC)C(C)(C)C1. The molecule has 0 aromatic rings. The molecule has 26 heavy (non-hydrogen) atoms. The fraction of sp³-hybridized carbons (Fsp3) is 0.900. The first kappa shape index (κ1) is 22.9. The third kappa shape index (κ3) is 5.95. The third-order valence-corrected chi connectivity index (χ3v) is 5.23. The number of rotatable bonds is 8. The summed E-state index contributed by atoms with van der Waals surface area (Å²) in [5.74, 6) is -0.456. The number of hydrogen-bond acceptors (Lipinski definition) is 6. The molecule has 0 aliphatic carbocycles. The lowest BCUT2D eigenvalue weighted by atomic mass is 9.80. The Morgan fingerprint density at radius 3 is 2.12 bits per heavy atom. The summed E-state index contributed by atoms with van der Waals surface area (Å²) in [5, 5.41) is 1.99. The van der Waals surface area contributed by atoms with Crippen LogP contribution in [0.1, 0.15) is 80.6 Å². The van der Waals surface area contributed by atoms with Crippen molar-refractivity contribution in [2.45, 2.75) is 97.8 Å². The van der Waals surface area contributed by atoms with Crippen LogP contribution in [0, 0.1) is 5.41 Å². The average Bonchev–Trinajstić information content (AvgIpc) is 2.49. The summed E-state index contributed by atoms with van der Waals surface area (Å²) in [7, 11) is 1.68. The Kier molecular flexibility index (Phi) is 7.66. The van der Waals surface area contributed by atoms with Gasteiger partial charge >= 0.3 is 11.9 Å². The Morgan fingerprint density at radius 1 is 1.12 bits per heavy atom. The molecule has 1 rings (SSSR count). The van der Waals surface area contributed by atoms with Crippen molar-refractivity contribution in [1.82, 2.24) is 5.06 Å². The van der Waals surface area contributed by atoms with Crippen LogP contribution >= 0.6 is 0 Å². The number of carbonyl (C=O) groups is 2. The Hall–Kier alpha value is -1.14. The molecular formula is C20H37NO5. The molecule has 1 saturated heterocycles. The monoisotopic (exact) mass is 371 g/mol. The quantitative estimate of drug-likeness (QED) is 0.477. The van der Waals surface area contributed by atoms with Gasteiger partial charge in [0, 0.05) is 30.3 Å². The van der Waals surface area contributed by atoms with Crippen molar-refractivity contribution in [2.24, 2.45) is 5.41 Å².